The van der Waals surface area contributed by atoms with Gasteiger partial charge in [0, 0.05) is 29.6 Å². The van der Waals surface area contributed by atoms with E-state index in [9.17, 15) is 4.79 Å². The van der Waals surface area contributed by atoms with Crippen LogP contribution in [0, 0.1) is 5.92 Å². The van der Waals surface area contributed by atoms with Gasteiger partial charge in [0.15, 0.2) is 0 Å². The average Bonchev–Trinajstić information content (AvgIpc) is 2.15. The van der Waals surface area contributed by atoms with Crippen molar-refractivity contribution in [3.63, 3.8) is 0 Å². The maximum absolute atomic E-state index is 11.4. The number of carbonyl (C=O) groups is 1. The van der Waals surface area contributed by atoms with E-state index in [0.29, 0.717) is 18.1 Å². The minimum Gasteiger partial charge on any atom is -0.508 e. The molecule has 77 valence electrons. The Kier molecular flexibility index (Phi) is 6.65. The predicted octanol–water partition coefficient (Wildman–Crippen LogP) is 1.82. The summed E-state index contributed by atoms with van der Waals surface area (Å²) < 4.78 is 5.01. The van der Waals surface area contributed by atoms with Gasteiger partial charge in [0.1, 0.15) is 5.75 Å². The van der Waals surface area contributed by atoms with E-state index in [4.69, 9.17) is 9.84 Å². The summed E-state index contributed by atoms with van der Waals surface area (Å²) in [5, 5.41) is 9.00. The molecule has 1 aromatic rings. The van der Waals surface area contributed by atoms with Gasteiger partial charge in [0.25, 0.3) is 0 Å². The van der Waals surface area contributed by atoms with Crippen molar-refractivity contribution in [3.05, 3.63) is 29.8 Å². The fraction of sp³-hybridized carbons (Fsp3) is 0.364. The Balaban J connectivity index is 0.00000196. The molecular formula is C11H14NaO3. The first-order chi connectivity index (χ1) is 6.59. The molecule has 1 rings (SSSR count). The molecule has 0 spiro atoms. The van der Waals surface area contributed by atoms with E-state index in [1.54, 1.807) is 0 Å². The van der Waals surface area contributed by atoms with Crippen molar-refractivity contribution >= 4 is 35.5 Å². The van der Waals surface area contributed by atoms with Crippen molar-refractivity contribution in [2.75, 3.05) is 6.61 Å². The summed E-state index contributed by atoms with van der Waals surface area (Å²) in [6.07, 6.45) is 0. The van der Waals surface area contributed by atoms with Gasteiger partial charge in [0.05, 0.1) is 12.2 Å². The third kappa shape index (κ3) is 5.21. The molecule has 0 aromatic heterocycles. The molecule has 0 aliphatic carbocycles. The van der Waals surface area contributed by atoms with E-state index in [1.165, 1.54) is 24.3 Å². The van der Waals surface area contributed by atoms with Gasteiger partial charge in [-0.25, -0.2) is 4.79 Å². The van der Waals surface area contributed by atoms with Crippen LogP contribution in [0.25, 0.3) is 0 Å². The molecule has 0 bridgehead atoms. The second-order valence-corrected chi connectivity index (χ2v) is 3.54. The van der Waals surface area contributed by atoms with Gasteiger partial charge in [-0.1, -0.05) is 13.8 Å². The molecule has 1 radical (unpaired) electrons. The Hall–Kier alpha value is -0.510. The first-order valence-electron chi connectivity index (χ1n) is 4.55. The summed E-state index contributed by atoms with van der Waals surface area (Å²) in [7, 11) is 0. The standard InChI is InChI=1S/C11H14O3.Na/c1-8(2)7-14-11(13)9-3-5-10(12)6-4-9;/h3-6,8,12H,7H2,1-2H3;. The molecule has 1 N–H and O–H groups in total. The van der Waals surface area contributed by atoms with Crippen molar-refractivity contribution in [1.29, 1.82) is 0 Å². The second kappa shape index (κ2) is 6.88. The van der Waals surface area contributed by atoms with Gasteiger partial charge >= 0.3 is 5.97 Å². The van der Waals surface area contributed by atoms with Gasteiger partial charge in [-0.3, -0.25) is 0 Å². The van der Waals surface area contributed by atoms with Crippen LogP contribution in [-0.2, 0) is 4.74 Å². The molecule has 0 saturated heterocycles. The molecule has 0 amide bonds. The number of esters is 1. The smallest absolute Gasteiger partial charge is 0.338 e. The average molecular weight is 217 g/mol. The van der Waals surface area contributed by atoms with Crippen LogP contribution in [-0.4, -0.2) is 47.2 Å². The molecule has 0 aliphatic heterocycles. The Morgan fingerprint density at radius 2 is 1.87 bits per heavy atom. The molecule has 1 aromatic carbocycles. The van der Waals surface area contributed by atoms with Crippen LogP contribution in [0.1, 0.15) is 24.2 Å². The van der Waals surface area contributed by atoms with Gasteiger partial charge < -0.3 is 9.84 Å². The van der Waals surface area contributed by atoms with Crippen molar-refractivity contribution in [2.24, 2.45) is 5.92 Å². The molecule has 3 nitrogen and oxygen atoms in total. The minimum absolute atomic E-state index is 0. The molecule has 0 heterocycles. The Morgan fingerprint density at radius 1 is 1.33 bits per heavy atom. The zero-order chi connectivity index (χ0) is 10.6. The zero-order valence-electron chi connectivity index (χ0n) is 9.36. The van der Waals surface area contributed by atoms with Crippen LogP contribution in [0.15, 0.2) is 24.3 Å². The van der Waals surface area contributed by atoms with Crippen molar-refractivity contribution < 1.29 is 14.6 Å². The number of phenolic OH excluding ortho intramolecular Hbond substituents is 1. The maximum Gasteiger partial charge on any atom is 0.338 e. The Bertz CT molecular complexity index is 306. The fourth-order valence-corrected chi connectivity index (χ4v) is 0.923. The third-order valence-corrected chi connectivity index (χ3v) is 1.65. The largest absolute Gasteiger partial charge is 0.508 e. The second-order valence-electron chi connectivity index (χ2n) is 3.54. The van der Waals surface area contributed by atoms with E-state index in [0.717, 1.165) is 0 Å². The summed E-state index contributed by atoms with van der Waals surface area (Å²) in [6.45, 7) is 4.37. The number of hydrogen-bond donors (Lipinski definition) is 1. The van der Waals surface area contributed by atoms with Crippen molar-refractivity contribution in [1.82, 2.24) is 0 Å². The van der Waals surface area contributed by atoms with Crippen LogP contribution < -0.4 is 0 Å². The summed E-state index contributed by atoms with van der Waals surface area (Å²) in [5.74, 6) is 0.125. The first kappa shape index (κ1) is 14.5. The maximum atomic E-state index is 11.4. The number of hydrogen-bond acceptors (Lipinski definition) is 3. The van der Waals surface area contributed by atoms with E-state index in [2.05, 4.69) is 0 Å². The normalized spacial score (nSPS) is 9.53. The molecule has 15 heavy (non-hydrogen) atoms. The molecule has 4 heteroatoms. The van der Waals surface area contributed by atoms with Gasteiger partial charge in [-0.15, -0.1) is 0 Å². The van der Waals surface area contributed by atoms with Crippen LogP contribution in [0.4, 0.5) is 0 Å². The molecule has 0 aliphatic rings. The number of rotatable bonds is 3. The summed E-state index contributed by atoms with van der Waals surface area (Å²) in [4.78, 5) is 11.4. The van der Waals surface area contributed by atoms with Crippen molar-refractivity contribution in [3.8, 4) is 5.75 Å². The van der Waals surface area contributed by atoms with Crippen LogP contribution in [0.5, 0.6) is 5.75 Å². The molecule has 0 unspecified atom stereocenters. The predicted molar refractivity (Wildman–Crippen MR) is 59.0 cm³/mol. The topological polar surface area (TPSA) is 46.5 Å². The summed E-state index contributed by atoms with van der Waals surface area (Å²) >= 11 is 0. The SMILES string of the molecule is CC(C)COC(=O)c1ccc(O)cc1.[Na]. The summed E-state index contributed by atoms with van der Waals surface area (Å²) in [5.41, 5.74) is 0.462. The summed E-state index contributed by atoms with van der Waals surface area (Å²) in [6, 6.07) is 6.01. The van der Waals surface area contributed by atoms with E-state index in [1.807, 2.05) is 13.8 Å². The Morgan fingerprint density at radius 3 is 2.33 bits per heavy atom. The van der Waals surface area contributed by atoms with Crippen molar-refractivity contribution in [2.45, 2.75) is 13.8 Å². The zero-order valence-corrected chi connectivity index (χ0v) is 11.4. The van der Waals surface area contributed by atoms with Gasteiger partial charge in [-0.05, 0) is 30.2 Å². The van der Waals surface area contributed by atoms with Gasteiger partial charge in [0.2, 0.25) is 0 Å². The van der Waals surface area contributed by atoms with Crippen LogP contribution in [0.2, 0.25) is 0 Å². The number of phenols is 1. The first-order valence-corrected chi connectivity index (χ1v) is 4.55. The van der Waals surface area contributed by atoms with Crippen LogP contribution in [0.3, 0.4) is 0 Å². The fourth-order valence-electron chi connectivity index (χ4n) is 0.923. The molecule has 0 fully saturated rings. The third-order valence-electron chi connectivity index (χ3n) is 1.65. The number of benzene rings is 1. The molecule has 0 saturated carbocycles. The molecular weight excluding hydrogens is 203 g/mol. The minimum atomic E-state index is -0.348. The van der Waals surface area contributed by atoms with E-state index >= 15 is 0 Å². The van der Waals surface area contributed by atoms with Gasteiger partial charge in [-0.2, -0.15) is 0 Å². The van der Waals surface area contributed by atoms with Crippen LogP contribution >= 0.6 is 0 Å². The molecule has 0 atom stereocenters. The van der Waals surface area contributed by atoms with E-state index in [-0.39, 0.29) is 41.3 Å². The van der Waals surface area contributed by atoms with E-state index < -0.39 is 0 Å². The number of carbonyl (C=O) groups excluding carboxylic acids is 1. The quantitative estimate of drug-likeness (QED) is 0.620. The number of aromatic hydroxyl groups is 1. The Labute approximate surface area is 112 Å². The number of ether oxygens (including phenoxy) is 1. The monoisotopic (exact) mass is 217 g/mol.